The van der Waals surface area contributed by atoms with Gasteiger partial charge in [0.05, 0.1) is 7.11 Å². The van der Waals surface area contributed by atoms with Crippen LogP contribution < -0.4 is 8.92 Å². The molecule has 0 fully saturated rings. The second-order valence-corrected chi connectivity index (χ2v) is 7.27. The van der Waals surface area contributed by atoms with Crippen molar-refractivity contribution in [3.63, 3.8) is 0 Å². The van der Waals surface area contributed by atoms with Gasteiger partial charge in [0, 0.05) is 11.1 Å². The van der Waals surface area contributed by atoms with Crippen LogP contribution >= 0.6 is 0 Å². The lowest BCUT2D eigenvalue weighted by molar-refractivity contribution is -0.0499. The van der Waals surface area contributed by atoms with Gasteiger partial charge in [-0.2, -0.15) is 21.6 Å². The average Bonchev–Trinajstić information content (AvgIpc) is 2.68. The summed E-state index contributed by atoms with van der Waals surface area (Å²) in [5, 5.41) is 0. The van der Waals surface area contributed by atoms with Gasteiger partial charge in [-0.3, -0.25) is 0 Å². The smallest absolute Gasteiger partial charge is 0.496 e. The summed E-state index contributed by atoms with van der Waals surface area (Å²) < 4.78 is 71.8. The van der Waals surface area contributed by atoms with Crippen LogP contribution in [-0.4, -0.2) is 21.0 Å². The molecule has 0 N–H and O–H groups in total. The van der Waals surface area contributed by atoms with Gasteiger partial charge in [-0.15, -0.1) is 0 Å². The lowest BCUT2D eigenvalue weighted by Gasteiger charge is -2.19. The van der Waals surface area contributed by atoms with Gasteiger partial charge in [0.25, 0.3) is 0 Å². The molecule has 0 unspecified atom stereocenters. The van der Waals surface area contributed by atoms with Crippen molar-refractivity contribution in [2.45, 2.75) is 5.51 Å². The molecular weight excluding hydrogens is 425 g/mol. The third kappa shape index (κ3) is 4.68. The van der Waals surface area contributed by atoms with Gasteiger partial charge < -0.3 is 8.92 Å². The van der Waals surface area contributed by atoms with Crippen LogP contribution in [0, 0.1) is 0 Å². The van der Waals surface area contributed by atoms with Gasteiger partial charge >= 0.3 is 15.6 Å². The maximum atomic E-state index is 12.9. The third-order valence-electron chi connectivity index (χ3n) is 3.96. The van der Waals surface area contributed by atoms with Crippen molar-refractivity contribution in [1.82, 2.24) is 0 Å². The largest absolute Gasteiger partial charge is 0.534 e. The number of alkyl halides is 3. The average molecular weight is 443 g/mol. The Kier molecular flexibility index (Phi) is 6.86. The summed E-state index contributed by atoms with van der Waals surface area (Å²) in [6.45, 7) is 0. The van der Waals surface area contributed by atoms with Crippen LogP contribution in [0.1, 0.15) is 0 Å². The lowest BCUT2D eigenvalue weighted by atomic mass is 9.93. The quantitative estimate of drug-likeness (QED) is 0.332. The van der Waals surface area contributed by atoms with Crippen molar-refractivity contribution in [3.05, 3.63) is 72.8 Å². The van der Waals surface area contributed by atoms with Gasteiger partial charge in [0.2, 0.25) is 0 Å². The fraction of sp³-hybridized carbons (Fsp3) is 0.100. The molecule has 9 heteroatoms. The highest BCUT2D eigenvalue weighted by Gasteiger charge is 2.49. The van der Waals surface area contributed by atoms with Crippen molar-refractivity contribution >= 4 is 23.6 Å². The highest BCUT2D eigenvalue weighted by molar-refractivity contribution is 7.88. The van der Waals surface area contributed by atoms with E-state index in [4.69, 9.17) is 4.74 Å². The Hall–Kier alpha value is -2.65. The van der Waals surface area contributed by atoms with Gasteiger partial charge in [0.15, 0.2) is 5.75 Å². The van der Waals surface area contributed by atoms with Crippen LogP contribution in [0.4, 0.5) is 13.2 Å². The van der Waals surface area contributed by atoms with E-state index in [9.17, 15) is 21.6 Å². The van der Waals surface area contributed by atoms with Crippen LogP contribution in [0.2, 0.25) is 0 Å². The SMILES string of the molecule is COc1ccc(OS(=O)(=O)C(F)(F)F)c(-c2ccccc2)c1-c1ccccc1.[SH3+]. The first-order chi connectivity index (χ1) is 13.2. The van der Waals surface area contributed by atoms with Gasteiger partial charge in [-0.25, -0.2) is 0 Å². The fourth-order valence-corrected chi connectivity index (χ4v) is 3.22. The first kappa shape index (κ1) is 22.6. The molecule has 0 bridgehead atoms. The molecule has 0 atom stereocenters. The first-order valence-electron chi connectivity index (χ1n) is 8.07. The van der Waals surface area contributed by atoms with Crippen molar-refractivity contribution < 1.29 is 30.5 Å². The summed E-state index contributed by atoms with van der Waals surface area (Å²) in [6.07, 6.45) is 0. The molecule has 0 spiro atoms. The van der Waals surface area contributed by atoms with Crippen LogP contribution in [0.5, 0.6) is 11.5 Å². The second kappa shape index (κ2) is 8.79. The standard InChI is InChI=1S/C20H15F3O4S.H2S/c1-26-16-12-13-17(27-28(24,25)20(21,22)23)19(15-10-6-3-7-11-15)18(16)14-8-4-2-5-9-14;/h2-13H,1H3;1H2/p+1. The van der Waals surface area contributed by atoms with E-state index in [1.54, 1.807) is 60.7 Å². The monoisotopic (exact) mass is 443 g/mol. The number of benzene rings is 3. The molecule has 29 heavy (non-hydrogen) atoms. The predicted octanol–water partition coefficient (Wildman–Crippen LogP) is 4.45. The number of methoxy groups -OCH3 is 1. The normalized spacial score (nSPS) is 11.4. The van der Waals surface area contributed by atoms with Crippen molar-refractivity contribution in [2.24, 2.45) is 0 Å². The number of hydrogen-bond donors (Lipinski definition) is 0. The number of halogens is 3. The Labute approximate surface area is 173 Å². The summed E-state index contributed by atoms with van der Waals surface area (Å²) in [7, 11) is -4.42. The van der Waals surface area contributed by atoms with E-state index in [2.05, 4.69) is 4.18 Å². The molecule has 4 nitrogen and oxygen atoms in total. The Morgan fingerprint density at radius 2 is 1.14 bits per heavy atom. The number of ether oxygens (including phenoxy) is 1. The topological polar surface area (TPSA) is 52.6 Å². The van der Waals surface area contributed by atoms with Crippen molar-refractivity contribution in [2.75, 3.05) is 7.11 Å². The van der Waals surface area contributed by atoms with Crippen molar-refractivity contribution in [3.8, 4) is 33.8 Å². The Morgan fingerprint density at radius 1 is 0.724 bits per heavy atom. The van der Waals surface area contributed by atoms with Crippen LogP contribution in [-0.2, 0) is 23.6 Å². The Morgan fingerprint density at radius 3 is 1.55 bits per heavy atom. The fourth-order valence-electron chi connectivity index (χ4n) is 2.75. The molecule has 0 saturated heterocycles. The molecular formula is C20H18F3O4S2+. The third-order valence-corrected chi connectivity index (χ3v) is 4.92. The molecule has 0 amide bonds. The maximum Gasteiger partial charge on any atom is 0.534 e. The van der Waals surface area contributed by atoms with Crippen LogP contribution in [0.15, 0.2) is 72.8 Å². The van der Waals surface area contributed by atoms with E-state index in [1.807, 2.05) is 0 Å². The minimum absolute atomic E-state index is 0. The molecule has 3 aromatic carbocycles. The molecule has 0 aliphatic carbocycles. The Bertz CT molecular complexity index is 1070. The second-order valence-electron chi connectivity index (χ2n) is 5.73. The number of hydrogen-bond acceptors (Lipinski definition) is 4. The van der Waals surface area contributed by atoms with E-state index < -0.39 is 21.4 Å². The molecule has 0 heterocycles. The number of rotatable bonds is 5. The molecule has 3 aromatic rings. The van der Waals surface area contributed by atoms with Gasteiger partial charge in [-0.05, 0) is 23.3 Å². The summed E-state index contributed by atoms with van der Waals surface area (Å²) in [6, 6.07) is 19.7. The summed E-state index contributed by atoms with van der Waals surface area (Å²) in [4.78, 5) is 0. The molecule has 3 rings (SSSR count). The molecule has 0 aromatic heterocycles. The molecule has 0 radical (unpaired) electrons. The minimum atomic E-state index is -5.84. The van der Waals surface area contributed by atoms with Gasteiger partial charge in [-0.1, -0.05) is 74.2 Å². The highest BCUT2D eigenvalue weighted by atomic mass is 32.2. The maximum absolute atomic E-state index is 12.9. The van der Waals surface area contributed by atoms with Gasteiger partial charge in [0.1, 0.15) is 5.75 Å². The molecule has 0 saturated carbocycles. The minimum Gasteiger partial charge on any atom is -0.496 e. The predicted molar refractivity (Wildman–Crippen MR) is 111 cm³/mol. The van der Waals surface area contributed by atoms with E-state index in [0.29, 0.717) is 22.4 Å². The Balaban J connectivity index is 0.00000300. The zero-order chi connectivity index (χ0) is 20.4. The highest BCUT2D eigenvalue weighted by Crippen LogP contribution is 2.46. The zero-order valence-electron chi connectivity index (χ0n) is 15.2. The summed E-state index contributed by atoms with van der Waals surface area (Å²) in [5.74, 6) is -0.0787. The van der Waals surface area contributed by atoms with Crippen LogP contribution in [0.25, 0.3) is 22.3 Å². The van der Waals surface area contributed by atoms with Crippen LogP contribution in [0.3, 0.4) is 0 Å². The van der Waals surface area contributed by atoms with Crippen molar-refractivity contribution in [1.29, 1.82) is 0 Å². The summed E-state index contributed by atoms with van der Waals surface area (Å²) in [5.41, 5.74) is -3.84. The first-order valence-corrected chi connectivity index (χ1v) is 9.48. The molecule has 154 valence electrons. The van der Waals surface area contributed by atoms with E-state index in [1.165, 1.54) is 13.2 Å². The lowest BCUT2D eigenvalue weighted by Crippen LogP contribution is -2.28. The van der Waals surface area contributed by atoms with E-state index in [0.717, 1.165) is 6.07 Å². The summed E-state index contributed by atoms with van der Waals surface area (Å²) >= 11 is 0. The molecule has 0 aliphatic rings. The van der Waals surface area contributed by atoms with E-state index >= 15 is 0 Å². The van der Waals surface area contributed by atoms with E-state index in [-0.39, 0.29) is 19.1 Å². The zero-order valence-corrected chi connectivity index (χ0v) is 17.2. The molecule has 0 aliphatic heterocycles.